The van der Waals surface area contributed by atoms with Crippen LogP contribution in [-0.4, -0.2) is 47.2 Å². The van der Waals surface area contributed by atoms with E-state index in [1.165, 1.54) is 27.2 Å². The lowest BCUT2D eigenvalue weighted by atomic mass is 10.2. The number of ether oxygens (including phenoxy) is 3. The molecule has 2 aromatic carbocycles. The Balaban J connectivity index is 1.86. The highest BCUT2D eigenvalue weighted by molar-refractivity contribution is 7.92. The van der Waals surface area contributed by atoms with Crippen molar-refractivity contribution in [1.82, 2.24) is 4.72 Å². The standard InChI is InChI=1S/C22H26N2O7S/c1-15-5-7-17(8-6-15)11-12-32(27,28)23-14-21(25)31-16(2)22(26)24-18-9-10-19(29-3)20(13-18)30-4/h5-13,16,23H,14H2,1-4H3,(H,24,26). The molecule has 0 aromatic heterocycles. The van der Waals surface area contributed by atoms with Crippen LogP contribution >= 0.6 is 0 Å². The molecule has 172 valence electrons. The normalized spacial score (nSPS) is 12.2. The summed E-state index contributed by atoms with van der Waals surface area (Å²) in [6.07, 6.45) is 0.259. The molecule has 2 N–H and O–H groups in total. The van der Waals surface area contributed by atoms with Gasteiger partial charge in [-0.3, -0.25) is 9.59 Å². The molecular weight excluding hydrogens is 436 g/mol. The molecule has 0 bridgehead atoms. The van der Waals surface area contributed by atoms with Gasteiger partial charge in [-0.1, -0.05) is 29.8 Å². The summed E-state index contributed by atoms with van der Waals surface area (Å²) in [6, 6.07) is 12.0. The summed E-state index contributed by atoms with van der Waals surface area (Å²) < 4.78 is 41.5. The van der Waals surface area contributed by atoms with Crippen molar-refractivity contribution in [2.75, 3.05) is 26.1 Å². The molecule has 0 spiro atoms. The molecule has 0 radical (unpaired) electrons. The number of anilines is 1. The lowest BCUT2D eigenvalue weighted by Crippen LogP contribution is -2.35. The molecule has 0 saturated heterocycles. The number of sulfonamides is 1. The Hall–Kier alpha value is -3.37. The zero-order valence-electron chi connectivity index (χ0n) is 18.2. The number of benzene rings is 2. The lowest BCUT2D eigenvalue weighted by molar-refractivity contribution is -0.151. The molecule has 0 aliphatic rings. The number of carbonyl (C=O) groups is 2. The third-order valence-electron chi connectivity index (χ3n) is 4.26. The van der Waals surface area contributed by atoms with Crippen LogP contribution in [-0.2, 0) is 24.3 Å². The fourth-order valence-corrected chi connectivity index (χ4v) is 3.26. The maximum atomic E-state index is 12.3. The van der Waals surface area contributed by atoms with Gasteiger partial charge in [-0.25, -0.2) is 13.1 Å². The molecule has 0 heterocycles. The molecule has 9 nitrogen and oxygen atoms in total. The molecule has 10 heteroatoms. The van der Waals surface area contributed by atoms with Crippen molar-refractivity contribution in [2.24, 2.45) is 0 Å². The van der Waals surface area contributed by atoms with Crippen molar-refractivity contribution in [3.8, 4) is 11.5 Å². The summed E-state index contributed by atoms with van der Waals surface area (Å²) in [4.78, 5) is 24.2. The van der Waals surface area contributed by atoms with Crippen molar-refractivity contribution in [3.05, 3.63) is 59.0 Å². The van der Waals surface area contributed by atoms with Gasteiger partial charge in [0.1, 0.15) is 6.54 Å². The molecule has 2 aromatic rings. The van der Waals surface area contributed by atoms with Crippen LogP contribution in [0.25, 0.3) is 6.08 Å². The monoisotopic (exact) mass is 462 g/mol. The Morgan fingerprint density at radius 2 is 1.69 bits per heavy atom. The van der Waals surface area contributed by atoms with E-state index < -0.39 is 34.5 Å². The molecule has 0 aliphatic carbocycles. The van der Waals surface area contributed by atoms with E-state index in [-0.39, 0.29) is 0 Å². The minimum absolute atomic E-state index is 0.414. The van der Waals surface area contributed by atoms with Gasteiger partial charge in [-0.15, -0.1) is 0 Å². The number of nitrogens with one attached hydrogen (secondary N) is 2. The molecule has 1 amide bonds. The van der Waals surface area contributed by atoms with Gasteiger partial charge >= 0.3 is 5.97 Å². The van der Waals surface area contributed by atoms with Gasteiger partial charge < -0.3 is 19.5 Å². The van der Waals surface area contributed by atoms with E-state index >= 15 is 0 Å². The Morgan fingerprint density at radius 3 is 2.31 bits per heavy atom. The molecule has 1 unspecified atom stereocenters. The zero-order valence-corrected chi connectivity index (χ0v) is 19.1. The van der Waals surface area contributed by atoms with Gasteiger partial charge in [-0.05, 0) is 37.6 Å². The van der Waals surface area contributed by atoms with E-state index in [9.17, 15) is 18.0 Å². The van der Waals surface area contributed by atoms with Crippen LogP contribution in [0.4, 0.5) is 5.69 Å². The Kier molecular flexibility index (Phi) is 8.80. The molecule has 1 atom stereocenters. The molecular formula is C22H26N2O7S. The highest BCUT2D eigenvalue weighted by Crippen LogP contribution is 2.29. The van der Waals surface area contributed by atoms with Gasteiger partial charge in [0.25, 0.3) is 5.91 Å². The number of esters is 1. The van der Waals surface area contributed by atoms with Crippen molar-refractivity contribution in [2.45, 2.75) is 20.0 Å². The number of aryl methyl sites for hydroxylation is 1. The molecule has 0 aliphatic heterocycles. The van der Waals surface area contributed by atoms with Crippen molar-refractivity contribution < 1.29 is 32.2 Å². The largest absolute Gasteiger partial charge is 0.493 e. The number of rotatable bonds is 10. The average Bonchev–Trinajstić information content (AvgIpc) is 2.77. The van der Waals surface area contributed by atoms with Gasteiger partial charge in [0, 0.05) is 17.2 Å². The second-order valence-electron chi connectivity index (χ2n) is 6.77. The topological polar surface area (TPSA) is 120 Å². The zero-order chi connectivity index (χ0) is 23.7. The van der Waals surface area contributed by atoms with Gasteiger partial charge in [-0.2, -0.15) is 0 Å². The number of amides is 1. The highest BCUT2D eigenvalue weighted by Gasteiger charge is 2.19. The number of carbonyl (C=O) groups excluding carboxylic acids is 2. The minimum Gasteiger partial charge on any atom is -0.493 e. The Morgan fingerprint density at radius 1 is 1.03 bits per heavy atom. The van der Waals surface area contributed by atoms with Crippen LogP contribution in [0.3, 0.4) is 0 Å². The third-order valence-corrected chi connectivity index (χ3v) is 5.30. The van der Waals surface area contributed by atoms with Crippen LogP contribution < -0.4 is 19.5 Å². The lowest BCUT2D eigenvalue weighted by Gasteiger charge is -2.15. The van der Waals surface area contributed by atoms with E-state index in [4.69, 9.17) is 14.2 Å². The SMILES string of the molecule is COc1ccc(NC(=O)C(C)OC(=O)CNS(=O)(=O)C=Cc2ccc(C)cc2)cc1OC. The van der Waals surface area contributed by atoms with Crippen LogP contribution in [0.2, 0.25) is 0 Å². The molecule has 32 heavy (non-hydrogen) atoms. The van der Waals surface area contributed by atoms with Gasteiger partial charge in [0.15, 0.2) is 17.6 Å². The van der Waals surface area contributed by atoms with Crippen LogP contribution in [0, 0.1) is 6.92 Å². The fourth-order valence-electron chi connectivity index (χ4n) is 2.50. The second kappa shape index (κ2) is 11.3. The summed E-state index contributed by atoms with van der Waals surface area (Å²) in [5.74, 6) is -0.573. The van der Waals surface area contributed by atoms with Gasteiger partial charge in [0.2, 0.25) is 10.0 Å². The van der Waals surface area contributed by atoms with E-state index in [0.717, 1.165) is 11.0 Å². The molecule has 0 fully saturated rings. The van der Waals surface area contributed by atoms with Crippen LogP contribution in [0.15, 0.2) is 47.9 Å². The summed E-state index contributed by atoms with van der Waals surface area (Å²) >= 11 is 0. The van der Waals surface area contributed by atoms with Gasteiger partial charge in [0.05, 0.1) is 14.2 Å². The summed E-state index contributed by atoms with van der Waals surface area (Å²) in [5, 5.41) is 3.54. The van der Waals surface area contributed by atoms with Crippen molar-refractivity contribution in [3.63, 3.8) is 0 Å². The third kappa shape index (κ3) is 7.71. The number of hydrogen-bond donors (Lipinski definition) is 2. The number of methoxy groups -OCH3 is 2. The summed E-state index contributed by atoms with van der Waals surface area (Å²) in [5.41, 5.74) is 2.16. The van der Waals surface area contributed by atoms with E-state index in [1.54, 1.807) is 30.3 Å². The quantitative estimate of drug-likeness (QED) is 0.521. The average molecular weight is 463 g/mol. The first-order valence-corrected chi connectivity index (χ1v) is 11.1. The van der Waals surface area contributed by atoms with E-state index in [2.05, 4.69) is 10.0 Å². The minimum atomic E-state index is -3.86. The summed E-state index contributed by atoms with van der Waals surface area (Å²) in [7, 11) is -0.908. The first-order valence-electron chi connectivity index (χ1n) is 9.60. The van der Waals surface area contributed by atoms with Crippen LogP contribution in [0.5, 0.6) is 11.5 Å². The number of hydrogen-bond acceptors (Lipinski definition) is 7. The second-order valence-corrected chi connectivity index (χ2v) is 8.42. The highest BCUT2D eigenvalue weighted by atomic mass is 32.2. The first-order chi connectivity index (χ1) is 15.1. The van der Waals surface area contributed by atoms with E-state index in [1.807, 2.05) is 19.1 Å². The molecule has 2 rings (SSSR count). The predicted molar refractivity (Wildman–Crippen MR) is 121 cm³/mol. The smallest absolute Gasteiger partial charge is 0.321 e. The Bertz CT molecular complexity index is 1080. The van der Waals surface area contributed by atoms with Crippen LogP contribution in [0.1, 0.15) is 18.1 Å². The van der Waals surface area contributed by atoms with Crippen molar-refractivity contribution >= 4 is 33.7 Å². The Labute approximate surface area is 187 Å². The first kappa shape index (κ1) is 24.9. The van der Waals surface area contributed by atoms with Crippen molar-refractivity contribution in [1.29, 1.82) is 0 Å². The van der Waals surface area contributed by atoms with E-state index in [0.29, 0.717) is 22.7 Å². The fraction of sp³-hybridized carbons (Fsp3) is 0.273. The maximum Gasteiger partial charge on any atom is 0.321 e. The molecule has 0 saturated carbocycles. The maximum absolute atomic E-state index is 12.3. The predicted octanol–water partition coefficient (Wildman–Crippen LogP) is 2.47. The summed E-state index contributed by atoms with van der Waals surface area (Å²) in [6.45, 7) is 2.68.